The van der Waals surface area contributed by atoms with Gasteiger partial charge in [0, 0.05) is 30.4 Å². The summed E-state index contributed by atoms with van der Waals surface area (Å²) in [5, 5.41) is 1.17. The van der Waals surface area contributed by atoms with E-state index in [4.69, 9.17) is 5.73 Å². The molecule has 1 unspecified atom stereocenters. The summed E-state index contributed by atoms with van der Waals surface area (Å²) in [5.74, 6) is 0. The van der Waals surface area contributed by atoms with E-state index in [0.717, 1.165) is 11.3 Å². The molecule has 0 fully saturated rings. The minimum Gasteiger partial charge on any atom is -0.331 e. The van der Waals surface area contributed by atoms with Gasteiger partial charge in [-0.1, -0.05) is 0 Å². The minimum absolute atomic E-state index is 0.0505. The van der Waals surface area contributed by atoms with Gasteiger partial charge in [-0.25, -0.2) is 4.98 Å². The van der Waals surface area contributed by atoms with Gasteiger partial charge >= 0.3 is 0 Å². The number of nitrogens with two attached hydrogens (primary N) is 1. The second-order valence-electron chi connectivity index (χ2n) is 3.84. The van der Waals surface area contributed by atoms with Gasteiger partial charge in [0.2, 0.25) is 0 Å². The Bertz CT molecular complexity index is 469. The SMILES string of the molecule is Cc1cnc2c(c1)cc(C(C)N)n2C. The first-order chi connectivity index (χ1) is 6.59. The van der Waals surface area contributed by atoms with Crippen molar-refractivity contribution in [1.29, 1.82) is 0 Å². The Balaban J connectivity index is 2.73. The smallest absolute Gasteiger partial charge is 0.139 e. The first kappa shape index (κ1) is 9.21. The van der Waals surface area contributed by atoms with Crippen LogP contribution >= 0.6 is 0 Å². The molecule has 3 nitrogen and oxygen atoms in total. The van der Waals surface area contributed by atoms with E-state index in [0.29, 0.717) is 0 Å². The van der Waals surface area contributed by atoms with Crippen molar-refractivity contribution in [2.45, 2.75) is 19.9 Å². The van der Waals surface area contributed by atoms with Gasteiger partial charge < -0.3 is 10.3 Å². The van der Waals surface area contributed by atoms with Gasteiger partial charge in [0.15, 0.2) is 0 Å². The number of hydrogen-bond acceptors (Lipinski definition) is 2. The third-order valence-corrected chi connectivity index (χ3v) is 2.51. The molecule has 3 heteroatoms. The molecule has 0 spiro atoms. The van der Waals surface area contributed by atoms with E-state index in [1.165, 1.54) is 10.9 Å². The van der Waals surface area contributed by atoms with Gasteiger partial charge in [-0.15, -0.1) is 0 Å². The average Bonchev–Trinajstić information content (AvgIpc) is 2.43. The Morgan fingerprint density at radius 3 is 2.79 bits per heavy atom. The Morgan fingerprint density at radius 1 is 1.43 bits per heavy atom. The summed E-state index contributed by atoms with van der Waals surface area (Å²) in [6.45, 7) is 4.03. The number of fused-ring (bicyclic) bond motifs is 1. The van der Waals surface area contributed by atoms with Crippen LogP contribution in [0.1, 0.15) is 24.2 Å². The summed E-state index contributed by atoms with van der Waals surface area (Å²) in [5.41, 5.74) is 9.17. The van der Waals surface area contributed by atoms with Crippen LogP contribution in [0.2, 0.25) is 0 Å². The highest BCUT2D eigenvalue weighted by molar-refractivity contribution is 5.78. The summed E-state index contributed by atoms with van der Waals surface area (Å²) in [6.07, 6.45) is 1.88. The molecule has 1 atom stereocenters. The lowest BCUT2D eigenvalue weighted by Crippen LogP contribution is -2.09. The Kier molecular flexibility index (Phi) is 2.04. The molecule has 2 heterocycles. The van der Waals surface area contributed by atoms with E-state index < -0.39 is 0 Å². The third kappa shape index (κ3) is 1.30. The summed E-state index contributed by atoms with van der Waals surface area (Å²) in [6, 6.07) is 4.29. The van der Waals surface area contributed by atoms with E-state index in [1.807, 2.05) is 27.1 Å². The average molecular weight is 189 g/mol. The quantitative estimate of drug-likeness (QED) is 0.744. The van der Waals surface area contributed by atoms with Crippen LogP contribution in [0.4, 0.5) is 0 Å². The largest absolute Gasteiger partial charge is 0.331 e. The van der Waals surface area contributed by atoms with Crippen LogP contribution in [0, 0.1) is 6.92 Å². The molecule has 2 N–H and O–H groups in total. The highest BCUT2D eigenvalue weighted by Crippen LogP contribution is 2.20. The molecule has 14 heavy (non-hydrogen) atoms. The minimum atomic E-state index is 0.0505. The highest BCUT2D eigenvalue weighted by Gasteiger charge is 2.09. The fourth-order valence-electron chi connectivity index (χ4n) is 1.79. The van der Waals surface area contributed by atoms with Crippen molar-refractivity contribution in [2.24, 2.45) is 12.8 Å². The molecule has 0 radical (unpaired) electrons. The first-order valence-electron chi connectivity index (χ1n) is 4.77. The van der Waals surface area contributed by atoms with Crippen LogP contribution in [0.15, 0.2) is 18.3 Å². The molecule has 0 amide bonds. The summed E-state index contributed by atoms with van der Waals surface area (Å²) in [4.78, 5) is 4.39. The number of aryl methyl sites for hydroxylation is 2. The first-order valence-corrected chi connectivity index (χ1v) is 4.77. The number of nitrogens with zero attached hydrogens (tertiary/aromatic N) is 2. The van der Waals surface area contributed by atoms with Crippen molar-refractivity contribution in [3.63, 3.8) is 0 Å². The van der Waals surface area contributed by atoms with E-state index >= 15 is 0 Å². The van der Waals surface area contributed by atoms with Gasteiger partial charge in [-0.3, -0.25) is 0 Å². The number of pyridine rings is 1. The predicted octanol–water partition coefficient (Wildman–Crippen LogP) is 1.90. The van der Waals surface area contributed by atoms with Gasteiger partial charge in [0.1, 0.15) is 5.65 Å². The number of hydrogen-bond donors (Lipinski definition) is 1. The molecule has 0 bridgehead atoms. The normalized spacial score (nSPS) is 13.4. The van der Waals surface area contributed by atoms with Gasteiger partial charge in [0.25, 0.3) is 0 Å². The molecule has 0 aliphatic heterocycles. The van der Waals surface area contributed by atoms with E-state index in [1.54, 1.807) is 0 Å². The van der Waals surface area contributed by atoms with Crippen LogP contribution in [-0.4, -0.2) is 9.55 Å². The van der Waals surface area contributed by atoms with Crippen molar-refractivity contribution in [2.75, 3.05) is 0 Å². The summed E-state index contributed by atoms with van der Waals surface area (Å²) in [7, 11) is 2.00. The molecule has 0 aromatic carbocycles. The van der Waals surface area contributed by atoms with Gasteiger partial charge in [-0.05, 0) is 31.5 Å². The number of aromatic nitrogens is 2. The Morgan fingerprint density at radius 2 is 2.14 bits per heavy atom. The van der Waals surface area contributed by atoms with Crippen molar-refractivity contribution in [3.05, 3.63) is 29.6 Å². The second kappa shape index (κ2) is 3.10. The fraction of sp³-hybridized carbons (Fsp3) is 0.364. The molecule has 0 saturated carbocycles. The van der Waals surface area contributed by atoms with Gasteiger partial charge in [-0.2, -0.15) is 0 Å². The molecule has 2 rings (SSSR count). The Hall–Kier alpha value is -1.35. The fourth-order valence-corrected chi connectivity index (χ4v) is 1.79. The summed E-state index contributed by atoms with van der Waals surface area (Å²) < 4.78 is 2.06. The summed E-state index contributed by atoms with van der Waals surface area (Å²) >= 11 is 0. The van der Waals surface area contributed by atoms with Crippen molar-refractivity contribution < 1.29 is 0 Å². The molecule has 0 aliphatic rings. The van der Waals surface area contributed by atoms with Crippen molar-refractivity contribution >= 4 is 11.0 Å². The maximum Gasteiger partial charge on any atom is 0.139 e. The standard InChI is InChI=1S/C11H15N3/c1-7-4-9-5-10(8(2)12)14(3)11(9)13-6-7/h4-6,8H,12H2,1-3H3. The zero-order valence-corrected chi connectivity index (χ0v) is 8.78. The Labute approximate surface area is 83.6 Å². The van der Waals surface area contributed by atoms with Crippen LogP contribution in [0.3, 0.4) is 0 Å². The zero-order chi connectivity index (χ0) is 10.3. The van der Waals surface area contributed by atoms with Gasteiger partial charge in [0.05, 0.1) is 0 Å². The lowest BCUT2D eigenvalue weighted by Gasteiger charge is -2.06. The maximum absolute atomic E-state index is 5.87. The lowest BCUT2D eigenvalue weighted by molar-refractivity contribution is 0.723. The van der Waals surface area contributed by atoms with E-state index in [2.05, 4.69) is 21.7 Å². The molecule has 2 aromatic heterocycles. The third-order valence-electron chi connectivity index (χ3n) is 2.51. The molecule has 0 saturated heterocycles. The molecule has 74 valence electrons. The molecule has 0 aliphatic carbocycles. The van der Waals surface area contributed by atoms with Crippen LogP contribution in [0.25, 0.3) is 11.0 Å². The topological polar surface area (TPSA) is 43.8 Å². The molecular weight excluding hydrogens is 174 g/mol. The monoisotopic (exact) mass is 189 g/mol. The second-order valence-corrected chi connectivity index (χ2v) is 3.84. The van der Waals surface area contributed by atoms with Crippen LogP contribution < -0.4 is 5.73 Å². The lowest BCUT2D eigenvalue weighted by atomic mass is 10.2. The highest BCUT2D eigenvalue weighted by atomic mass is 15.0. The number of rotatable bonds is 1. The maximum atomic E-state index is 5.87. The van der Waals surface area contributed by atoms with E-state index in [-0.39, 0.29) is 6.04 Å². The zero-order valence-electron chi connectivity index (χ0n) is 8.78. The van der Waals surface area contributed by atoms with Crippen LogP contribution in [-0.2, 0) is 7.05 Å². The van der Waals surface area contributed by atoms with E-state index in [9.17, 15) is 0 Å². The molecule has 2 aromatic rings. The molecular formula is C11H15N3. The predicted molar refractivity (Wildman–Crippen MR) is 58.1 cm³/mol. The van der Waals surface area contributed by atoms with Crippen LogP contribution in [0.5, 0.6) is 0 Å². The van der Waals surface area contributed by atoms with Crippen molar-refractivity contribution in [3.8, 4) is 0 Å². The van der Waals surface area contributed by atoms with Crippen molar-refractivity contribution in [1.82, 2.24) is 9.55 Å².